The molecule has 1 aliphatic rings. The van der Waals surface area contributed by atoms with Crippen molar-refractivity contribution in [2.75, 3.05) is 14.1 Å². The number of carbonyl (C=O) groups is 1. The molecule has 23 heavy (non-hydrogen) atoms. The van der Waals surface area contributed by atoms with Crippen LogP contribution < -0.4 is 5.32 Å². The van der Waals surface area contributed by atoms with E-state index in [1.807, 2.05) is 21.0 Å². The summed E-state index contributed by atoms with van der Waals surface area (Å²) in [6.07, 6.45) is 5.49. The molecule has 0 saturated heterocycles. The summed E-state index contributed by atoms with van der Waals surface area (Å²) in [6, 6.07) is 0.0680. The Morgan fingerprint density at radius 2 is 2.22 bits per heavy atom. The third kappa shape index (κ3) is 3.56. The van der Waals surface area contributed by atoms with Gasteiger partial charge in [-0.3, -0.25) is 9.78 Å². The third-order valence-corrected chi connectivity index (χ3v) is 3.94. The summed E-state index contributed by atoms with van der Waals surface area (Å²) in [7, 11) is 4.00. The zero-order valence-electron chi connectivity index (χ0n) is 13.7. The van der Waals surface area contributed by atoms with Gasteiger partial charge in [-0.05, 0) is 33.9 Å². The third-order valence-electron chi connectivity index (χ3n) is 3.94. The zero-order chi connectivity index (χ0) is 16.4. The topological polar surface area (TPSA) is 84.2 Å². The summed E-state index contributed by atoms with van der Waals surface area (Å²) >= 11 is 0. The van der Waals surface area contributed by atoms with Gasteiger partial charge in [0.15, 0.2) is 0 Å². The summed E-state index contributed by atoms with van der Waals surface area (Å²) < 4.78 is 5.43. The van der Waals surface area contributed by atoms with Crippen molar-refractivity contribution < 1.29 is 9.32 Å². The fourth-order valence-electron chi connectivity index (χ4n) is 2.78. The molecule has 0 radical (unpaired) electrons. The van der Waals surface area contributed by atoms with Gasteiger partial charge in [-0.25, -0.2) is 4.98 Å². The zero-order valence-corrected chi connectivity index (χ0v) is 13.7. The van der Waals surface area contributed by atoms with Crippen LogP contribution in [0.4, 0.5) is 0 Å². The normalized spacial score (nSPS) is 17.1. The molecule has 0 saturated carbocycles. The van der Waals surface area contributed by atoms with Crippen LogP contribution in [0.5, 0.6) is 0 Å². The summed E-state index contributed by atoms with van der Waals surface area (Å²) in [5, 5.41) is 7.21. The van der Waals surface area contributed by atoms with Gasteiger partial charge in [0.1, 0.15) is 17.1 Å². The molecule has 2 aromatic rings. The van der Waals surface area contributed by atoms with Crippen LogP contribution in [0.1, 0.15) is 39.6 Å². The van der Waals surface area contributed by atoms with Crippen LogP contribution in [0, 0.1) is 6.92 Å². The highest BCUT2D eigenvalue weighted by Crippen LogP contribution is 2.25. The number of aryl methyl sites for hydroxylation is 2. The van der Waals surface area contributed by atoms with Gasteiger partial charge in [-0.2, -0.15) is 0 Å². The van der Waals surface area contributed by atoms with Crippen molar-refractivity contribution in [3.05, 3.63) is 40.8 Å². The van der Waals surface area contributed by atoms with Gasteiger partial charge in [-0.15, -0.1) is 0 Å². The van der Waals surface area contributed by atoms with Crippen molar-refractivity contribution in [2.24, 2.45) is 0 Å². The second-order valence-electron chi connectivity index (χ2n) is 6.22. The predicted molar refractivity (Wildman–Crippen MR) is 83.9 cm³/mol. The summed E-state index contributed by atoms with van der Waals surface area (Å²) in [5.41, 5.74) is 3.23. The van der Waals surface area contributed by atoms with Crippen LogP contribution in [0.25, 0.3) is 0 Å². The summed E-state index contributed by atoms with van der Waals surface area (Å²) in [5.74, 6) is 0.763. The van der Waals surface area contributed by atoms with E-state index in [2.05, 4.69) is 25.3 Å². The maximum absolute atomic E-state index is 12.3. The van der Waals surface area contributed by atoms with Crippen molar-refractivity contribution in [1.29, 1.82) is 0 Å². The van der Waals surface area contributed by atoms with Gasteiger partial charge in [0.05, 0.1) is 11.9 Å². The van der Waals surface area contributed by atoms with Crippen molar-refractivity contribution in [3.63, 3.8) is 0 Å². The minimum Gasteiger partial charge on any atom is -0.361 e. The van der Waals surface area contributed by atoms with Gasteiger partial charge >= 0.3 is 0 Å². The monoisotopic (exact) mass is 315 g/mol. The fourth-order valence-corrected chi connectivity index (χ4v) is 2.78. The van der Waals surface area contributed by atoms with E-state index in [4.69, 9.17) is 4.52 Å². The number of rotatable bonds is 4. The van der Waals surface area contributed by atoms with Gasteiger partial charge in [-0.1, -0.05) is 5.16 Å². The Morgan fingerprint density at radius 3 is 2.91 bits per heavy atom. The maximum Gasteiger partial charge on any atom is 0.271 e. The second kappa shape index (κ2) is 6.45. The van der Waals surface area contributed by atoms with Crippen LogP contribution in [-0.4, -0.2) is 46.1 Å². The van der Waals surface area contributed by atoms with E-state index in [9.17, 15) is 4.79 Å². The Balaban J connectivity index is 1.68. The smallest absolute Gasteiger partial charge is 0.271 e. The average Bonchev–Trinajstić information content (AvgIpc) is 2.90. The highest BCUT2D eigenvalue weighted by Gasteiger charge is 2.27. The molecule has 7 nitrogen and oxygen atoms in total. The summed E-state index contributed by atoms with van der Waals surface area (Å²) in [4.78, 5) is 22.6. The number of aromatic nitrogens is 3. The van der Waals surface area contributed by atoms with Crippen molar-refractivity contribution >= 4 is 5.91 Å². The lowest BCUT2D eigenvalue weighted by molar-refractivity contribution is 0.0927. The maximum atomic E-state index is 12.3. The summed E-state index contributed by atoms with van der Waals surface area (Å²) in [6.45, 7) is 2.58. The molecule has 1 N–H and O–H groups in total. The van der Waals surface area contributed by atoms with Crippen molar-refractivity contribution in [3.8, 4) is 0 Å². The lowest BCUT2D eigenvalue weighted by atomic mass is 9.92. The Kier molecular flexibility index (Phi) is 4.38. The predicted octanol–water partition coefficient (Wildman–Crippen LogP) is 1.12. The molecule has 0 spiro atoms. The molecule has 0 aliphatic heterocycles. The molecular formula is C16H21N5O2. The molecule has 3 rings (SSSR count). The van der Waals surface area contributed by atoms with E-state index >= 15 is 0 Å². The van der Waals surface area contributed by atoms with Crippen molar-refractivity contribution in [2.45, 2.75) is 38.8 Å². The van der Waals surface area contributed by atoms with E-state index in [0.29, 0.717) is 5.69 Å². The van der Waals surface area contributed by atoms with Gasteiger partial charge in [0.25, 0.3) is 5.91 Å². The number of nitrogens with one attached hydrogen (secondary N) is 1. The molecule has 1 atom stereocenters. The first kappa shape index (κ1) is 15.6. The largest absolute Gasteiger partial charge is 0.361 e. The number of nitrogens with zero attached hydrogens (tertiary/aromatic N) is 4. The van der Waals surface area contributed by atoms with E-state index in [1.165, 1.54) is 6.20 Å². The highest BCUT2D eigenvalue weighted by atomic mass is 16.5. The number of hydrogen-bond donors (Lipinski definition) is 1. The molecular weight excluding hydrogens is 294 g/mol. The van der Waals surface area contributed by atoms with E-state index in [-0.39, 0.29) is 11.9 Å². The first-order chi connectivity index (χ1) is 11.0. The molecule has 0 fully saturated rings. The first-order valence-electron chi connectivity index (χ1n) is 7.73. The number of carbonyl (C=O) groups excluding carboxylic acids is 1. The lowest BCUT2D eigenvalue weighted by Crippen LogP contribution is -2.39. The molecule has 1 unspecified atom stereocenters. The number of hydrogen-bond acceptors (Lipinski definition) is 6. The minimum absolute atomic E-state index is 0.0680. The Labute approximate surface area is 135 Å². The fraction of sp³-hybridized carbons (Fsp3) is 0.500. The van der Waals surface area contributed by atoms with Crippen molar-refractivity contribution in [1.82, 2.24) is 25.3 Å². The second-order valence-corrected chi connectivity index (χ2v) is 6.22. The molecule has 7 heteroatoms. The Hall–Kier alpha value is -2.28. The molecule has 1 amide bonds. The first-order valence-corrected chi connectivity index (χ1v) is 7.73. The quantitative estimate of drug-likeness (QED) is 0.910. The average molecular weight is 315 g/mol. The molecule has 2 aromatic heterocycles. The van der Waals surface area contributed by atoms with Crippen LogP contribution >= 0.6 is 0 Å². The highest BCUT2D eigenvalue weighted by molar-refractivity contribution is 5.92. The van der Waals surface area contributed by atoms with E-state index < -0.39 is 0 Å². The molecule has 1 aliphatic carbocycles. The van der Waals surface area contributed by atoms with Crippen LogP contribution in [0.2, 0.25) is 0 Å². The molecule has 0 bridgehead atoms. The number of amides is 1. The van der Waals surface area contributed by atoms with E-state index in [1.54, 1.807) is 6.20 Å². The Bertz CT molecular complexity index is 693. The van der Waals surface area contributed by atoms with Crippen LogP contribution in [0.15, 0.2) is 16.9 Å². The van der Waals surface area contributed by atoms with Gasteiger partial charge < -0.3 is 14.7 Å². The SMILES string of the molecule is Cc1cnc(C(=O)NC2CCc3onc(CN(C)C)c3C2)cn1. The van der Waals surface area contributed by atoms with Crippen LogP contribution in [0.3, 0.4) is 0 Å². The standard InChI is InChI=1S/C16H21N5O2/c1-10-7-18-13(8-17-10)16(22)19-11-4-5-15-12(6-11)14(20-23-15)9-21(2)3/h7-8,11H,4-6,9H2,1-3H3,(H,19,22). The van der Waals surface area contributed by atoms with Gasteiger partial charge in [0.2, 0.25) is 0 Å². The molecule has 0 aromatic carbocycles. The lowest BCUT2D eigenvalue weighted by Gasteiger charge is -2.22. The molecule has 122 valence electrons. The minimum atomic E-state index is -0.184. The van der Waals surface area contributed by atoms with Crippen LogP contribution in [-0.2, 0) is 19.4 Å². The Morgan fingerprint density at radius 1 is 1.39 bits per heavy atom. The van der Waals surface area contributed by atoms with Gasteiger partial charge in [0, 0.05) is 30.8 Å². The number of fused-ring (bicyclic) bond motifs is 1. The molecule has 2 heterocycles. The van der Waals surface area contributed by atoms with E-state index in [0.717, 1.165) is 48.5 Å².